The average molecular weight is 407 g/mol. The zero-order chi connectivity index (χ0) is 21.0. The Labute approximate surface area is 162 Å². The normalized spacial score (nSPS) is 11.3. The number of halogens is 3. The lowest BCUT2D eigenvalue weighted by Crippen LogP contribution is -2.20. The fourth-order valence-electron chi connectivity index (χ4n) is 2.68. The van der Waals surface area contributed by atoms with E-state index in [1.165, 1.54) is 24.3 Å². The molecule has 0 fully saturated rings. The number of anilines is 1. The Morgan fingerprint density at radius 2 is 1.76 bits per heavy atom. The molecule has 0 aliphatic carbocycles. The maximum absolute atomic E-state index is 12.1. The number of ether oxygens (including phenoxy) is 2. The summed E-state index contributed by atoms with van der Waals surface area (Å²) in [4.78, 5) is 23.6. The molecule has 1 aromatic heterocycles. The molecule has 0 aliphatic rings. The standard InChI is InChI=1S/C20H16F3NO5/c1-2-12-9-19(26)28-17-10-15(7-8-16(12)17)27-11-18(25)24-13-3-5-14(6-4-13)29-20(21,22)23/h3-10H,2,11H2,1H3,(H,24,25). The van der Waals surface area contributed by atoms with Crippen molar-refractivity contribution in [2.75, 3.05) is 11.9 Å². The number of benzene rings is 2. The Hall–Kier alpha value is -3.49. The summed E-state index contributed by atoms with van der Waals surface area (Å²) in [5.74, 6) is -0.577. The van der Waals surface area contributed by atoms with Gasteiger partial charge in [0.25, 0.3) is 5.91 Å². The van der Waals surface area contributed by atoms with E-state index in [0.29, 0.717) is 17.8 Å². The van der Waals surface area contributed by atoms with Gasteiger partial charge in [-0.1, -0.05) is 6.92 Å². The van der Waals surface area contributed by atoms with E-state index in [1.54, 1.807) is 12.1 Å². The van der Waals surface area contributed by atoms with Gasteiger partial charge in [-0.2, -0.15) is 0 Å². The molecule has 3 rings (SSSR count). The van der Waals surface area contributed by atoms with Crippen molar-refractivity contribution in [2.45, 2.75) is 19.7 Å². The van der Waals surface area contributed by atoms with Crippen LogP contribution in [0.25, 0.3) is 11.0 Å². The second kappa shape index (κ2) is 8.26. The summed E-state index contributed by atoms with van der Waals surface area (Å²) in [5.41, 5.74) is 1.01. The first-order chi connectivity index (χ1) is 13.7. The first-order valence-corrected chi connectivity index (χ1v) is 8.59. The highest BCUT2D eigenvalue weighted by Gasteiger charge is 2.30. The smallest absolute Gasteiger partial charge is 0.484 e. The molecular formula is C20H16F3NO5. The van der Waals surface area contributed by atoms with Crippen molar-refractivity contribution in [3.8, 4) is 11.5 Å². The summed E-state index contributed by atoms with van der Waals surface area (Å²) in [7, 11) is 0. The van der Waals surface area contributed by atoms with Gasteiger partial charge in [0, 0.05) is 23.2 Å². The number of carbonyl (C=O) groups excluding carboxylic acids is 1. The fourth-order valence-corrected chi connectivity index (χ4v) is 2.68. The van der Waals surface area contributed by atoms with Crippen LogP contribution in [0, 0.1) is 0 Å². The van der Waals surface area contributed by atoms with Crippen molar-refractivity contribution in [1.82, 2.24) is 0 Å². The van der Waals surface area contributed by atoms with Crippen LogP contribution in [0.1, 0.15) is 12.5 Å². The highest BCUT2D eigenvalue weighted by Crippen LogP contribution is 2.25. The second-order valence-electron chi connectivity index (χ2n) is 6.01. The van der Waals surface area contributed by atoms with Crippen LogP contribution in [0.5, 0.6) is 11.5 Å². The number of aryl methyl sites for hydroxylation is 1. The number of rotatable bonds is 6. The lowest BCUT2D eigenvalue weighted by atomic mass is 10.1. The van der Waals surface area contributed by atoms with Crippen LogP contribution in [-0.2, 0) is 11.2 Å². The third-order valence-electron chi connectivity index (χ3n) is 3.92. The molecule has 9 heteroatoms. The Bertz CT molecular complexity index is 1070. The molecule has 0 bridgehead atoms. The summed E-state index contributed by atoms with van der Waals surface area (Å²) >= 11 is 0. The van der Waals surface area contributed by atoms with Gasteiger partial charge in [0.2, 0.25) is 0 Å². The third-order valence-corrected chi connectivity index (χ3v) is 3.92. The molecule has 0 radical (unpaired) electrons. The van der Waals surface area contributed by atoms with E-state index in [2.05, 4.69) is 10.1 Å². The Kier molecular flexibility index (Phi) is 5.76. The zero-order valence-corrected chi connectivity index (χ0v) is 15.2. The lowest BCUT2D eigenvalue weighted by molar-refractivity contribution is -0.274. The minimum absolute atomic E-state index is 0.283. The van der Waals surface area contributed by atoms with Crippen LogP contribution >= 0.6 is 0 Å². The fraction of sp³-hybridized carbons (Fsp3) is 0.200. The molecule has 1 heterocycles. The Morgan fingerprint density at radius 1 is 1.07 bits per heavy atom. The average Bonchev–Trinajstić information content (AvgIpc) is 2.65. The van der Waals surface area contributed by atoms with Crippen molar-refractivity contribution < 1.29 is 31.9 Å². The SMILES string of the molecule is CCc1cc(=O)oc2cc(OCC(=O)Nc3ccc(OC(F)(F)F)cc3)ccc12. The van der Waals surface area contributed by atoms with Gasteiger partial charge in [-0.05, 0) is 48.4 Å². The summed E-state index contributed by atoms with van der Waals surface area (Å²) in [5, 5.41) is 3.28. The van der Waals surface area contributed by atoms with Gasteiger partial charge in [0.15, 0.2) is 6.61 Å². The van der Waals surface area contributed by atoms with Crippen LogP contribution in [0.15, 0.2) is 57.7 Å². The van der Waals surface area contributed by atoms with E-state index in [1.807, 2.05) is 6.92 Å². The molecule has 2 aromatic carbocycles. The summed E-state index contributed by atoms with van der Waals surface area (Å²) in [6.45, 7) is 1.58. The van der Waals surface area contributed by atoms with Gasteiger partial charge in [0.1, 0.15) is 17.1 Å². The molecule has 3 aromatic rings. The number of alkyl halides is 3. The van der Waals surface area contributed by atoms with Gasteiger partial charge >= 0.3 is 12.0 Å². The number of carbonyl (C=O) groups is 1. The van der Waals surface area contributed by atoms with Crippen LogP contribution in [0.2, 0.25) is 0 Å². The van der Waals surface area contributed by atoms with E-state index in [0.717, 1.165) is 23.1 Å². The Balaban J connectivity index is 1.61. The summed E-state index contributed by atoms with van der Waals surface area (Å²) in [6.07, 6.45) is -4.12. The predicted octanol–water partition coefficient (Wildman–Crippen LogP) is 4.27. The first kappa shape index (κ1) is 20.2. The molecule has 0 aliphatic heterocycles. The highest BCUT2D eigenvalue weighted by molar-refractivity contribution is 5.92. The van der Waals surface area contributed by atoms with E-state index < -0.39 is 23.6 Å². The topological polar surface area (TPSA) is 77.8 Å². The van der Waals surface area contributed by atoms with Gasteiger partial charge < -0.3 is 19.2 Å². The third kappa shape index (κ3) is 5.50. The van der Waals surface area contributed by atoms with E-state index in [9.17, 15) is 22.8 Å². The lowest BCUT2D eigenvalue weighted by Gasteiger charge is -2.11. The quantitative estimate of drug-likeness (QED) is 0.618. The number of fused-ring (bicyclic) bond motifs is 1. The van der Waals surface area contributed by atoms with Gasteiger partial charge in [-0.15, -0.1) is 13.2 Å². The summed E-state index contributed by atoms with van der Waals surface area (Å²) < 4.78 is 50.8. The molecule has 1 N–H and O–H groups in total. The maximum Gasteiger partial charge on any atom is 0.573 e. The number of hydrogen-bond acceptors (Lipinski definition) is 5. The molecule has 0 unspecified atom stereocenters. The predicted molar refractivity (Wildman–Crippen MR) is 99.1 cm³/mol. The maximum atomic E-state index is 12.1. The monoisotopic (exact) mass is 407 g/mol. The van der Waals surface area contributed by atoms with Crippen LogP contribution < -0.4 is 20.4 Å². The van der Waals surface area contributed by atoms with Gasteiger partial charge in [-0.3, -0.25) is 4.79 Å². The minimum Gasteiger partial charge on any atom is -0.484 e. The summed E-state index contributed by atoms with van der Waals surface area (Å²) in [6, 6.07) is 11.1. The van der Waals surface area contributed by atoms with E-state index >= 15 is 0 Å². The van der Waals surface area contributed by atoms with Crippen molar-refractivity contribution in [3.05, 3.63) is 64.5 Å². The van der Waals surface area contributed by atoms with Crippen molar-refractivity contribution in [2.24, 2.45) is 0 Å². The zero-order valence-electron chi connectivity index (χ0n) is 15.2. The molecule has 6 nitrogen and oxygen atoms in total. The molecule has 0 saturated heterocycles. The molecule has 0 spiro atoms. The number of nitrogens with one attached hydrogen (secondary N) is 1. The van der Waals surface area contributed by atoms with Gasteiger partial charge in [0.05, 0.1) is 0 Å². The molecule has 29 heavy (non-hydrogen) atoms. The highest BCUT2D eigenvalue weighted by atomic mass is 19.4. The molecule has 0 atom stereocenters. The number of amides is 1. The largest absolute Gasteiger partial charge is 0.573 e. The Morgan fingerprint density at radius 3 is 2.41 bits per heavy atom. The molecule has 152 valence electrons. The van der Waals surface area contributed by atoms with Crippen molar-refractivity contribution in [3.63, 3.8) is 0 Å². The second-order valence-corrected chi connectivity index (χ2v) is 6.01. The van der Waals surface area contributed by atoms with Crippen molar-refractivity contribution >= 4 is 22.6 Å². The van der Waals surface area contributed by atoms with Crippen LogP contribution in [0.3, 0.4) is 0 Å². The first-order valence-electron chi connectivity index (χ1n) is 8.59. The van der Waals surface area contributed by atoms with E-state index in [-0.39, 0.29) is 12.3 Å². The van der Waals surface area contributed by atoms with Crippen LogP contribution in [-0.4, -0.2) is 18.9 Å². The van der Waals surface area contributed by atoms with Crippen molar-refractivity contribution in [1.29, 1.82) is 0 Å². The van der Waals surface area contributed by atoms with E-state index in [4.69, 9.17) is 9.15 Å². The minimum atomic E-state index is -4.78. The molecular weight excluding hydrogens is 391 g/mol. The van der Waals surface area contributed by atoms with Crippen LogP contribution in [0.4, 0.5) is 18.9 Å². The number of hydrogen-bond donors (Lipinski definition) is 1. The molecule has 0 saturated carbocycles. The van der Waals surface area contributed by atoms with Gasteiger partial charge in [-0.25, -0.2) is 4.79 Å². The molecule has 1 amide bonds.